The van der Waals surface area contributed by atoms with Crippen LogP contribution < -0.4 is 0 Å². The summed E-state index contributed by atoms with van der Waals surface area (Å²) >= 11 is 1.62. The molecular formula is C14H22N2O2S. The lowest BCUT2D eigenvalue weighted by Gasteiger charge is -2.36. The van der Waals surface area contributed by atoms with E-state index < -0.39 is 0 Å². The summed E-state index contributed by atoms with van der Waals surface area (Å²) in [6, 6.07) is 2.41. The van der Waals surface area contributed by atoms with Crippen molar-refractivity contribution in [3.8, 4) is 6.07 Å². The van der Waals surface area contributed by atoms with Crippen LogP contribution in [0.1, 0.15) is 38.5 Å². The van der Waals surface area contributed by atoms with Gasteiger partial charge in [0, 0.05) is 26.1 Å². The molecule has 0 spiro atoms. The number of hydrogen-bond donors (Lipinski definition) is 0. The maximum atomic E-state index is 12.1. The third-order valence-electron chi connectivity index (χ3n) is 4.22. The second-order valence-electron chi connectivity index (χ2n) is 5.36. The van der Waals surface area contributed by atoms with Crippen LogP contribution in [0.15, 0.2) is 0 Å². The fraction of sp³-hybridized carbons (Fsp3) is 0.857. The highest BCUT2D eigenvalue weighted by Crippen LogP contribution is 2.34. The van der Waals surface area contributed by atoms with Crippen molar-refractivity contribution in [1.82, 2.24) is 4.90 Å². The van der Waals surface area contributed by atoms with E-state index in [1.165, 1.54) is 0 Å². The number of rotatable bonds is 4. The van der Waals surface area contributed by atoms with E-state index in [0.29, 0.717) is 6.42 Å². The Hall–Kier alpha value is -0.730. The summed E-state index contributed by atoms with van der Waals surface area (Å²) < 4.78 is 5.27. The smallest absolute Gasteiger partial charge is 0.222 e. The number of nitrogens with zero attached hydrogens (tertiary/aromatic N) is 2. The van der Waals surface area contributed by atoms with Gasteiger partial charge in [-0.15, -0.1) is 11.8 Å². The van der Waals surface area contributed by atoms with E-state index in [1.807, 2.05) is 11.2 Å². The van der Waals surface area contributed by atoms with Gasteiger partial charge in [-0.25, -0.2) is 0 Å². The Morgan fingerprint density at radius 3 is 2.79 bits per heavy atom. The number of hydrogen-bond acceptors (Lipinski definition) is 4. The molecule has 0 N–H and O–H groups in total. The average Bonchev–Trinajstić information content (AvgIpc) is 2.98. The van der Waals surface area contributed by atoms with Gasteiger partial charge in [0.1, 0.15) is 4.75 Å². The molecule has 2 heterocycles. The number of thioether (sulfide) groups is 1. The number of carbonyl (C=O) groups excluding carboxylic acids is 1. The van der Waals surface area contributed by atoms with Gasteiger partial charge in [0.2, 0.25) is 5.91 Å². The van der Waals surface area contributed by atoms with E-state index in [-0.39, 0.29) is 16.8 Å². The van der Waals surface area contributed by atoms with Gasteiger partial charge in [-0.2, -0.15) is 5.26 Å². The van der Waals surface area contributed by atoms with Crippen LogP contribution in [0, 0.1) is 11.3 Å². The van der Waals surface area contributed by atoms with Crippen molar-refractivity contribution in [3.05, 3.63) is 0 Å². The normalized spacial score (nSPS) is 26.1. The van der Waals surface area contributed by atoms with Crippen molar-refractivity contribution in [2.24, 2.45) is 0 Å². The largest absolute Gasteiger partial charge is 0.378 e. The lowest BCUT2D eigenvalue weighted by atomic mass is 9.97. The van der Waals surface area contributed by atoms with Gasteiger partial charge in [-0.05, 0) is 38.4 Å². The van der Waals surface area contributed by atoms with Crippen molar-refractivity contribution in [2.45, 2.75) is 49.4 Å². The Bertz CT molecular complexity index is 353. The molecule has 2 saturated heterocycles. The first-order valence-corrected chi connectivity index (χ1v) is 8.27. The van der Waals surface area contributed by atoms with Crippen LogP contribution in [0.5, 0.6) is 0 Å². The van der Waals surface area contributed by atoms with Gasteiger partial charge in [0.05, 0.1) is 12.2 Å². The summed E-state index contributed by atoms with van der Waals surface area (Å²) in [4.78, 5) is 14.0. The fourth-order valence-electron chi connectivity index (χ4n) is 2.79. The molecule has 5 heteroatoms. The maximum Gasteiger partial charge on any atom is 0.222 e. The predicted octanol–water partition coefficient (Wildman–Crippen LogP) is 2.19. The molecule has 0 aromatic heterocycles. The zero-order chi connectivity index (χ0) is 13.7. The molecule has 0 aromatic rings. The minimum atomic E-state index is -0.272. The SMILES string of the molecule is CSC1(C#N)CCN(C(=O)CCC2CCCO2)CC1. The van der Waals surface area contributed by atoms with Crippen LogP contribution in [0.3, 0.4) is 0 Å². The molecule has 2 aliphatic rings. The number of piperidine rings is 1. The quantitative estimate of drug-likeness (QED) is 0.793. The van der Waals surface area contributed by atoms with Gasteiger partial charge < -0.3 is 9.64 Å². The predicted molar refractivity (Wildman–Crippen MR) is 75.9 cm³/mol. The molecule has 0 bridgehead atoms. The Morgan fingerprint density at radius 2 is 2.26 bits per heavy atom. The Morgan fingerprint density at radius 1 is 1.53 bits per heavy atom. The highest BCUT2D eigenvalue weighted by atomic mass is 32.2. The zero-order valence-electron chi connectivity index (χ0n) is 11.6. The van der Waals surface area contributed by atoms with E-state index in [4.69, 9.17) is 4.74 Å². The van der Waals surface area contributed by atoms with Crippen molar-refractivity contribution in [3.63, 3.8) is 0 Å². The van der Waals surface area contributed by atoms with E-state index in [1.54, 1.807) is 11.8 Å². The fourth-order valence-corrected chi connectivity index (χ4v) is 3.48. The monoisotopic (exact) mass is 282 g/mol. The molecule has 0 radical (unpaired) electrons. The molecule has 1 amide bonds. The first-order chi connectivity index (χ1) is 9.19. The maximum absolute atomic E-state index is 12.1. The van der Waals surface area contributed by atoms with Gasteiger partial charge in [0.25, 0.3) is 0 Å². The molecule has 2 rings (SSSR count). The Kier molecular flexibility index (Phi) is 5.12. The third kappa shape index (κ3) is 3.64. The average molecular weight is 282 g/mol. The number of carbonyl (C=O) groups is 1. The topological polar surface area (TPSA) is 53.3 Å². The molecule has 1 atom stereocenters. The summed E-state index contributed by atoms with van der Waals surface area (Å²) in [5.74, 6) is 0.225. The minimum Gasteiger partial charge on any atom is -0.378 e. The van der Waals surface area contributed by atoms with Crippen LogP contribution >= 0.6 is 11.8 Å². The molecule has 19 heavy (non-hydrogen) atoms. The zero-order valence-corrected chi connectivity index (χ0v) is 12.4. The molecule has 0 aliphatic carbocycles. The van der Waals surface area contributed by atoms with Crippen LogP contribution in [0.2, 0.25) is 0 Å². The third-order valence-corrected chi connectivity index (χ3v) is 5.50. The Labute approximate surface area is 119 Å². The number of likely N-dealkylation sites (tertiary alicyclic amines) is 1. The van der Waals surface area contributed by atoms with E-state index in [9.17, 15) is 10.1 Å². The van der Waals surface area contributed by atoms with Crippen molar-refractivity contribution in [2.75, 3.05) is 26.0 Å². The number of nitriles is 1. The van der Waals surface area contributed by atoms with E-state index in [0.717, 1.165) is 51.8 Å². The summed E-state index contributed by atoms with van der Waals surface area (Å²) in [6.45, 7) is 2.29. The summed E-state index contributed by atoms with van der Waals surface area (Å²) in [7, 11) is 0. The second-order valence-corrected chi connectivity index (χ2v) is 6.55. The van der Waals surface area contributed by atoms with Crippen LogP contribution in [0.25, 0.3) is 0 Å². The lowest BCUT2D eigenvalue weighted by Crippen LogP contribution is -2.44. The number of amides is 1. The molecule has 106 valence electrons. The van der Waals surface area contributed by atoms with Crippen LogP contribution in [-0.4, -0.2) is 47.6 Å². The lowest BCUT2D eigenvalue weighted by molar-refractivity contribution is -0.132. The summed E-state index contributed by atoms with van der Waals surface area (Å²) in [5.41, 5.74) is 0. The first-order valence-electron chi connectivity index (χ1n) is 7.05. The highest BCUT2D eigenvalue weighted by molar-refractivity contribution is 8.00. The number of ether oxygens (including phenoxy) is 1. The van der Waals surface area contributed by atoms with Crippen LogP contribution in [0.4, 0.5) is 0 Å². The minimum absolute atomic E-state index is 0.225. The van der Waals surface area contributed by atoms with Gasteiger partial charge in [-0.1, -0.05) is 0 Å². The summed E-state index contributed by atoms with van der Waals surface area (Å²) in [5, 5.41) is 9.22. The molecule has 0 aromatic carbocycles. The molecule has 2 fully saturated rings. The summed E-state index contributed by atoms with van der Waals surface area (Å²) in [6.07, 6.45) is 7.51. The second kappa shape index (κ2) is 6.62. The van der Waals surface area contributed by atoms with E-state index in [2.05, 4.69) is 6.07 Å². The molecule has 0 saturated carbocycles. The van der Waals surface area contributed by atoms with Crippen molar-refractivity contribution >= 4 is 17.7 Å². The van der Waals surface area contributed by atoms with Crippen LogP contribution in [-0.2, 0) is 9.53 Å². The highest BCUT2D eigenvalue weighted by Gasteiger charge is 2.35. The van der Waals surface area contributed by atoms with Gasteiger partial charge >= 0.3 is 0 Å². The van der Waals surface area contributed by atoms with Crippen molar-refractivity contribution in [1.29, 1.82) is 5.26 Å². The standard InChI is InChI=1S/C14H22N2O2S/c1-19-14(11-15)6-8-16(9-7-14)13(17)5-4-12-3-2-10-18-12/h12H,2-10H2,1H3. The molecule has 1 unspecified atom stereocenters. The van der Waals surface area contributed by atoms with Crippen molar-refractivity contribution < 1.29 is 9.53 Å². The first kappa shape index (κ1) is 14.7. The molecular weight excluding hydrogens is 260 g/mol. The molecule has 4 nitrogen and oxygen atoms in total. The van der Waals surface area contributed by atoms with Gasteiger partial charge in [0.15, 0.2) is 0 Å². The Balaban J connectivity index is 1.74. The van der Waals surface area contributed by atoms with Gasteiger partial charge in [-0.3, -0.25) is 4.79 Å². The molecule has 2 aliphatic heterocycles. The van der Waals surface area contributed by atoms with E-state index >= 15 is 0 Å².